The van der Waals surface area contributed by atoms with Crippen molar-refractivity contribution in [1.29, 1.82) is 0 Å². The number of hydrogen-bond acceptors (Lipinski definition) is 5. The fraction of sp³-hybridized carbons (Fsp3) is 0.818. The van der Waals surface area contributed by atoms with Crippen LogP contribution in [0.3, 0.4) is 0 Å². The summed E-state index contributed by atoms with van der Waals surface area (Å²) in [5, 5.41) is 16.1. The molecular formula is C11H18O7. The van der Waals surface area contributed by atoms with Crippen molar-refractivity contribution in [3.8, 4) is 0 Å². The zero-order valence-corrected chi connectivity index (χ0v) is 10.0. The first-order valence-electron chi connectivity index (χ1n) is 5.82. The van der Waals surface area contributed by atoms with E-state index >= 15 is 0 Å². The number of carboxylic acid groups (broad SMARTS) is 2. The molecule has 7 nitrogen and oxygen atoms in total. The molecule has 2 aliphatic heterocycles. The molecule has 0 aliphatic carbocycles. The molecule has 0 aromatic heterocycles. The van der Waals surface area contributed by atoms with Crippen molar-refractivity contribution in [1.82, 2.24) is 0 Å². The lowest BCUT2D eigenvalue weighted by Gasteiger charge is -1.95. The van der Waals surface area contributed by atoms with Crippen LogP contribution in [0, 0.1) is 0 Å². The average Bonchev–Trinajstić information content (AvgIpc) is 3.12. The quantitative estimate of drug-likeness (QED) is 0.598. The zero-order valence-electron chi connectivity index (χ0n) is 10.0. The topological polar surface area (TPSA) is 109 Å². The first-order chi connectivity index (χ1) is 8.58. The maximum Gasteiger partial charge on any atom is 0.303 e. The van der Waals surface area contributed by atoms with Crippen molar-refractivity contribution in [2.24, 2.45) is 0 Å². The molecule has 2 rings (SSSR count). The first-order valence-corrected chi connectivity index (χ1v) is 5.82. The third kappa shape index (κ3) is 10.0. The molecule has 2 aliphatic rings. The fourth-order valence-corrected chi connectivity index (χ4v) is 1.05. The number of hydrogen-bond donors (Lipinski definition) is 2. The van der Waals surface area contributed by atoms with E-state index in [2.05, 4.69) is 0 Å². The minimum atomic E-state index is -0.948. The van der Waals surface area contributed by atoms with Gasteiger partial charge in [0.1, 0.15) is 12.2 Å². The van der Waals surface area contributed by atoms with Gasteiger partial charge in [-0.3, -0.25) is 9.59 Å². The molecule has 18 heavy (non-hydrogen) atoms. The van der Waals surface area contributed by atoms with Crippen LogP contribution in [-0.4, -0.2) is 60.8 Å². The Kier molecular flexibility index (Phi) is 6.63. The number of ether oxygens (including phenoxy) is 3. The normalized spacial score (nSPS) is 23.8. The molecule has 2 unspecified atom stereocenters. The van der Waals surface area contributed by atoms with Gasteiger partial charge in [0, 0.05) is 12.8 Å². The number of carbonyl (C=O) groups is 2. The molecule has 0 aromatic carbocycles. The standard InChI is InChI=1S/C6H10O3.C5H8O4/c1(5-3-8-5)7-2-6-4-9-6;6-4(7)2-1-3-5(8)9/h5-6H,1-4H2;1-3H2,(H,6,7)(H,8,9). The highest BCUT2D eigenvalue weighted by Crippen LogP contribution is 2.12. The second-order valence-corrected chi connectivity index (χ2v) is 4.09. The van der Waals surface area contributed by atoms with Gasteiger partial charge in [-0.15, -0.1) is 0 Å². The molecule has 0 saturated carbocycles. The number of aliphatic carboxylic acids is 2. The van der Waals surface area contributed by atoms with Gasteiger partial charge in [-0.25, -0.2) is 0 Å². The third-order valence-corrected chi connectivity index (χ3v) is 2.19. The fourth-order valence-electron chi connectivity index (χ4n) is 1.05. The van der Waals surface area contributed by atoms with Crippen LogP contribution in [-0.2, 0) is 23.8 Å². The van der Waals surface area contributed by atoms with Gasteiger partial charge >= 0.3 is 11.9 Å². The van der Waals surface area contributed by atoms with Gasteiger partial charge in [0.25, 0.3) is 0 Å². The Balaban J connectivity index is 0.000000180. The van der Waals surface area contributed by atoms with Gasteiger partial charge in [0.15, 0.2) is 0 Å². The Morgan fingerprint density at radius 1 is 1.00 bits per heavy atom. The lowest BCUT2D eigenvalue weighted by molar-refractivity contribution is -0.138. The summed E-state index contributed by atoms with van der Waals surface area (Å²) in [4.78, 5) is 19.6. The second-order valence-electron chi connectivity index (χ2n) is 4.09. The molecule has 2 heterocycles. The van der Waals surface area contributed by atoms with Crippen molar-refractivity contribution < 1.29 is 34.0 Å². The lowest BCUT2D eigenvalue weighted by Crippen LogP contribution is -2.06. The van der Waals surface area contributed by atoms with Crippen LogP contribution in [0.1, 0.15) is 19.3 Å². The van der Waals surface area contributed by atoms with Gasteiger partial charge in [-0.1, -0.05) is 0 Å². The monoisotopic (exact) mass is 262 g/mol. The van der Waals surface area contributed by atoms with Crippen LogP contribution in [0.15, 0.2) is 0 Å². The van der Waals surface area contributed by atoms with Gasteiger partial charge in [0.2, 0.25) is 0 Å². The van der Waals surface area contributed by atoms with E-state index < -0.39 is 11.9 Å². The van der Waals surface area contributed by atoms with Crippen LogP contribution in [0.25, 0.3) is 0 Å². The third-order valence-electron chi connectivity index (χ3n) is 2.19. The zero-order chi connectivity index (χ0) is 13.4. The molecule has 2 N–H and O–H groups in total. The van der Waals surface area contributed by atoms with E-state index in [4.69, 9.17) is 24.4 Å². The highest BCUT2D eigenvalue weighted by atomic mass is 16.6. The van der Waals surface area contributed by atoms with Crippen LogP contribution in [0.5, 0.6) is 0 Å². The summed E-state index contributed by atoms with van der Waals surface area (Å²) in [6.45, 7) is 3.26. The highest BCUT2D eigenvalue weighted by molar-refractivity contribution is 5.69. The SMILES string of the molecule is C(OCC1CO1)C1CO1.O=C(O)CCCC(=O)O. The van der Waals surface area contributed by atoms with Crippen molar-refractivity contribution in [3.05, 3.63) is 0 Å². The number of epoxide rings is 2. The van der Waals surface area contributed by atoms with Crippen molar-refractivity contribution >= 4 is 11.9 Å². The maximum atomic E-state index is 9.79. The predicted molar refractivity (Wildman–Crippen MR) is 59.4 cm³/mol. The molecule has 2 saturated heterocycles. The summed E-state index contributed by atoms with van der Waals surface area (Å²) >= 11 is 0. The number of carboxylic acids is 2. The molecule has 7 heteroatoms. The Hall–Kier alpha value is -1.18. The van der Waals surface area contributed by atoms with Gasteiger partial charge in [0.05, 0.1) is 26.4 Å². The first kappa shape index (κ1) is 14.9. The van der Waals surface area contributed by atoms with Gasteiger partial charge in [-0.05, 0) is 6.42 Å². The van der Waals surface area contributed by atoms with Crippen LogP contribution >= 0.6 is 0 Å². The van der Waals surface area contributed by atoms with Crippen LogP contribution in [0.4, 0.5) is 0 Å². The largest absolute Gasteiger partial charge is 0.481 e. The van der Waals surface area contributed by atoms with Crippen molar-refractivity contribution in [2.45, 2.75) is 31.5 Å². The van der Waals surface area contributed by atoms with Gasteiger partial charge in [-0.2, -0.15) is 0 Å². The van der Waals surface area contributed by atoms with E-state index in [1.54, 1.807) is 0 Å². The summed E-state index contributed by atoms with van der Waals surface area (Å²) in [6, 6.07) is 0. The summed E-state index contributed by atoms with van der Waals surface area (Å²) < 4.78 is 15.1. The Morgan fingerprint density at radius 3 is 1.67 bits per heavy atom. The predicted octanol–water partition coefficient (Wildman–Crippen LogP) is 0.127. The molecule has 2 fully saturated rings. The molecule has 0 bridgehead atoms. The van der Waals surface area contributed by atoms with Crippen molar-refractivity contribution in [2.75, 3.05) is 26.4 Å². The summed E-state index contributed by atoms with van der Waals surface area (Å²) in [6.07, 6.45) is 0.871. The highest BCUT2D eigenvalue weighted by Gasteiger charge is 2.26. The summed E-state index contributed by atoms with van der Waals surface area (Å²) in [5.41, 5.74) is 0. The minimum Gasteiger partial charge on any atom is -0.481 e. The lowest BCUT2D eigenvalue weighted by atomic mass is 10.2. The molecular weight excluding hydrogens is 244 g/mol. The Bertz CT molecular complexity index is 245. The van der Waals surface area contributed by atoms with Crippen LogP contribution < -0.4 is 0 Å². The van der Waals surface area contributed by atoms with E-state index in [0.717, 1.165) is 26.4 Å². The second kappa shape index (κ2) is 8.02. The van der Waals surface area contributed by atoms with E-state index in [1.165, 1.54) is 0 Å². The molecule has 0 radical (unpaired) electrons. The molecule has 0 spiro atoms. The summed E-state index contributed by atoms with van der Waals surface area (Å²) in [5.74, 6) is -1.90. The molecule has 0 aromatic rings. The van der Waals surface area contributed by atoms with E-state index in [9.17, 15) is 9.59 Å². The molecule has 104 valence electrons. The van der Waals surface area contributed by atoms with Crippen LogP contribution in [0.2, 0.25) is 0 Å². The van der Waals surface area contributed by atoms with E-state index in [-0.39, 0.29) is 19.3 Å². The summed E-state index contributed by atoms with van der Waals surface area (Å²) in [7, 11) is 0. The molecule has 2 atom stereocenters. The minimum absolute atomic E-state index is 0.0632. The van der Waals surface area contributed by atoms with E-state index in [0.29, 0.717) is 12.2 Å². The van der Waals surface area contributed by atoms with Gasteiger partial charge < -0.3 is 24.4 Å². The smallest absolute Gasteiger partial charge is 0.303 e. The van der Waals surface area contributed by atoms with E-state index in [1.807, 2.05) is 0 Å². The maximum absolute atomic E-state index is 9.79. The van der Waals surface area contributed by atoms with Crippen molar-refractivity contribution in [3.63, 3.8) is 0 Å². The average molecular weight is 262 g/mol. The Labute approximate surface area is 105 Å². The molecule has 0 amide bonds. The Morgan fingerprint density at radius 2 is 1.39 bits per heavy atom. The number of rotatable bonds is 8.